The Morgan fingerprint density at radius 3 is 2.53 bits per heavy atom. The van der Waals surface area contributed by atoms with E-state index in [1.165, 1.54) is 6.20 Å². The lowest BCUT2D eigenvalue weighted by molar-refractivity contribution is -0.140. The Hall–Kier alpha value is -1.45. The van der Waals surface area contributed by atoms with Crippen molar-refractivity contribution in [3.8, 4) is 0 Å². The van der Waals surface area contributed by atoms with Crippen LogP contribution < -0.4 is 0 Å². The minimum absolute atomic E-state index is 0.178. The molecule has 1 aromatic heterocycles. The highest BCUT2D eigenvalue weighted by Gasteiger charge is 2.31. The second-order valence-electron chi connectivity index (χ2n) is 6.20. The van der Waals surface area contributed by atoms with Crippen molar-refractivity contribution in [2.75, 3.05) is 13.1 Å². The van der Waals surface area contributed by atoms with E-state index in [9.17, 15) is 9.18 Å². The van der Waals surface area contributed by atoms with Crippen LogP contribution in [0.1, 0.15) is 45.1 Å². The molecule has 1 aliphatic heterocycles. The van der Waals surface area contributed by atoms with E-state index in [1.54, 1.807) is 12.1 Å². The average molecular weight is 264 g/mol. The summed E-state index contributed by atoms with van der Waals surface area (Å²) in [5.41, 5.74) is 0.345. The second-order valence-corrected chi connectivity index (χ2v) is 6.20. The van der Waals surface area contributed by atoms with Crippen LogP contribution in [0.25, 0.3) is 0 Å². The summed E-state index contributed by atoms with van der Waals surface area (Å²) in [6.45, 7) is 7.21. The number of carbonyl (C=O) groups is 1. The van der Waals surface area contributed by atoms with Crippen molar-refractivity contribution in [2.24, 2.45) is 5.41 Å². The molecule has 0 spiro atoms. The average Bonchev–Trinajstić information content (AvgIpc) is 2.38. The molecule has 2 rings (SSSR count). The van der Waals surface area contributed by atoms with Crippen molar-refractivity contribution in [3.05, 3.63) is 29.8 Å². The fourth-order valence-electron chi connectivity index (χ4n) is 2.57. The highest BCUT2D eigenvalue weighted by Crippen LogP contribution is 2.30. The van der Waals surface area contributed by atoms with Crippen molar-refractivity contribution in [3.63, 3.8) is 0 Å². The van der Waals surface area contributed by atoms with Crippen LogP contribution in [0.4, 0.5) is 4.39 Å². The molecule has 19 heavy (non-hydrogen) atoms. The van der Waals surface area contributed by atoms with Crippen molar-refractivity contribution in [1.82, 2.24) is 9.88 Å². The summed E-state index contributed by atoms with van der Waals surface area (Å²) in [5.74, 6) is -0.0153. The molecule has 2 heterocycles. The monoisotopic (exact) mass is 264 g/mol. The molecule has 1 saturated heterocycles. The van der Waals surface area contributed by atoms with Crippen LogP contribution in [0.5, 0.6) is 0 Å². The van der Waals surface area contributed by atoms with E-state index >= 15 is 0 Å². The zero-order valence-corrected chi connectivity index (χ0v) is 11.8. The molecule has 1 fully saturated rings. The van der Waals surface area contributed by atoms with E-state index < -0.39 is 0 Å². The van der Waals surface area contributed by atoms with Crippen LogP contribution in [0.15, 0.2) is 18.3 Å². The first kappa shape index (κ1) is 14.0. The Morgan fingerprint density at radius 2 is 2.00 bits per heavy atom. The molecule has 1 aromatic rings. The van der Waals surface area contributed by atoms with Gasteiger partial charge in [-0.3, -0.25) is 4.79 Å². The van der Waals surface area contributed by atoms with Gasteiger partial charge >= 0.3 is 0 Å². The largest absolute Gasteiger partial charge is 0.342 e. The van der Waals surface area contributed by atoms with Crippen LogP contribution in [-0.4, -0.2) is 28.9 Å². The van der Waals surface area contributed by atoms with E-state index in [4.69, 9.17) is 0 Å². The summed E-state index contributed by atoms with van der Waals surface area (Å²) < 4.78 is 13.6. The number of piperidine rings is 1. The summed E-state index contributed by atoms with van der Waals surface area (Å²) >= 11 is 0. The van der Waals surface area contributed by atoms with Crippen molar-refractivity contribution in [2.45, 2.75) is 39.5 Å². The standard InChI is InChI=1S/C15H21FN2O/c1-15(2,3)14(19)18-9-6-11(7-10-18)12-5-4-8-17-13(12)16/h4-5,8,11H,6-7,9-10H2,1-3H3. The molecule has 3 nitrogen and oxygen atoms in total. The zero-order valence-electron chi connectivity index (χ0n) is 11.8. The van der Waals surface area contributed by atoms with E-state index in [0.29, 0.717) is 18.7 Å². The third-order valence-corrected chi connectivity index (χ3v) is 3.65. The number of nitrogens with zero attached hydrogens (tertiary/aromatic N) is 2. The van der Waals surface area contributed by atoms with Gasteiger partial charge in [0.15, 0.2) is 0 Å². The van der Waals surface area contributed by atoms with Crippen LogP contribution in [0.3, 0.4) is 0 Å². The number of hydrogen-bond donors (Lipinski definition) is 0. The number of carbonyl (C=O) groups excluding carboxylic acids is 1. The summed E-state index contributed by atoms with van der Waals surface area (Å²) in [7, 11) is 0. The Labute approximate surface area is 113 Å². The molecule has 0 unspecified atom stereocenters. The van der Waals surface area contributed by atoms with E-state index in [2.05, 4.69) is 4.98 Å². The molecule has 4 heteroatoms. The lowest BCUT2D eigenvalue weighted by Crippen LogP contribution is -2.43. The minimum atomic E-state index is -0.372. The predicted molar refractivity (Wildman–Crippen MR) is 72.2 cm³/mol. The maximum Gasteiger partial charge on any atom is 0.227 e. The molecular formula is C15H21FN2O. The number of amides is 1. The molecule has 0 saturated carbocycles. The van der Waals surface area contributed by atoms with Crippen molar-refractivity contribution in [1.29, 1.82) is 0 Å². The van der Waals surface area contributed by atoms with Crippen molar-refractivity contribution < 1.29 is 9.18 Å². The van der Waals surface area contributed by atoms with Gasteiger partial charge in [0.05, 0.1) is 0 Å². The molecule has 0 N–H and O–H groups in total. The first-order valence-electron chi connectivity index (χ1n) is 6.79. The van der Waals surface area contributed by atoms with Gasteiger partial charge in [0.2, 0.25) is 11.9 Å². The maximum absolute atomic E-state index is 13.6. The maximum atomic E-state index is 13.6. The number of pyridine rings is 1. The van der Waals surface area contributed by atoms with Crippen LogP contribution in [0, 0.1) is 11.4 Å². The number of halogens is 1. The topological polar surface area (TPSA) is 33.2 Å². The fraction of sp³-hybridized carbons (Fsp3) is 0.600. The van der Waals surface area contributed by atoms with Crippen LogP contribution in [0.2, 0.25) is 0 Å². The van der Waals surface area contributed by atoms with Gasteiger partial charge in [0.25, 0.3) is 0 Å². The predicted octanol–water partition coefficient (Wildman–Crippen LogP) is 2.97. The SMILES string of the molecule is CC(C)(C)C(=O)N1CCC(c2cccnc2F)CC1. The van der Waals surface area contributed by atoms with Crippen LogP contribution >= 0.6 is 0 Å². The lowest BCUT2D eigenvalue weighted by Gasteiger charge is -2.35. The third-order valence-electron chi connectivity index (χ3n) is 3.65. The number of hydrogen-bond acceptors (Lipinski definition) is 2. The summed E-state index contributed by atoms with van der Waals surface area (Å²) in [5, 5.41) is 0. The smallest absolute Gasteiger partial charge is 0.227 e. The fourth-order valence-corrected chi connectivity index (χ4v) is 2.57. The van der Waals surface area contributed by atoms with E-state index in [0.717, 1.165) is 12.8 Å². The Morgan fingerprint density at radius 1 is 1.37 bits per heavy atom. The molecule has 1 amide bonds. The lowest BCUT2D eigenvalue weighted by atomic mass is 9.88. The van der Waals surface area contributed by atoms with Gasteiger partial charge in [-0.25, -0.2) is 4.98 Å². The van der Waals surface area contributed by atoms with Gasteiger partial charge in [0, 0.05) is 30.3 Å². The second kappa shape index (κ2) is 5.27. The summed E-state index contributed by atoms with van der Waals surface area (Å²) in [4.78, 5) is 17.8. The molecule has 0 atom stereocenters. The third kappa shape index (κ3) is 3.11. The van der Waals surface area contributed by atoms with Crippen LogP contribution in [-0.2, 0) is 4.79 Å². The number of rotatable bonds is 1. The van der Waals surface area contributed by atoms with Gasteiger partial charge in [-0.05, 0) is 24.8 Å². The Bertz CT molecular complexity index is 459. The molecular weight excluding hydrogens is 243 g/mol. The van der Waals surface area contributed by atoms with Gasteiger partial charge in [-0.15, -0.1) is 0 Å². The van der Waals surface area contributed by atoms with Crippen molar-refractivity contribution >= 4 is 5.91 Å². The molecule has 0 aromatic carbocycles. The Kier molecular flexibility index (Phi) is 3.88. The zero-order chi connectivity index (χ0) is 14.0. The molecule has 1 aliphatic rings. The Balaban J connectivity index is 2.00. The van der Waals surface area contributed by atoms with Gasteiger partial charge in [-0.2, -0.15) is 4.39 Å². The summed E-state index contributed by atoms with van der Waals surface area (Å²) in [6, 6.07) is 3.57. The number of likely N-dealkylation sites (tertiary alicyclic amines) is 1. The highest BCUT2D eigenvalue weighted by atomic mass is 19.1. The molecule has 0 aliphatic carbocycles. The first-order valence-corrected chi connectivity index (χ1v) is 6.79. The quantitative estimate of drug-likeness (QED) is 0.731. The first-order chi connectivity index (χ1) is 8.89. The molecule has 0 radical (unpaired) electrons. The van der Waals surface area contributed by atoms with Gasteiger partial charge in [-0.1, -0.05) is 26.8 Å². The number of aromatic nitrogens is 1. The van der Waals surface area contributed by atoms with E-state index in [-0.39, 0.29) is 23.2 Å². The molecule has 104 valence electrons. The minimum Gasteiger partial charge on any atom is -0.342 e. The van der Waals surface area contributed by atoms with Gasteiger partial charge < -0.3 is 4.90 Å². The summed E-state index contributed by atoms with van der Waals surface area (Å²) in [6.07, 6.45) is 3.09. The van der Waals surface area contributed by atoms with Gasteiger partial charge in [0.1, 0.15) is 0 Å². The highest BCUT2D eigenvalue weighted by molar-refractivity contribution is 5.81. The normalized spacial score (nSPS) is 17.6. The molecule has 0 bridgehead atoms. The van der Waals surface area contributed by atoms with E-state index in [1.807, 2.05) is 25.7 Å².